The minimum Gasteiger partial charge on any atom is -0.479 e. The van der Waals surface area contributed by atoms with Crippen LogP contribution in [0.5, 0.6) is 0 Å². The highest BCUT2D eigenvalue weighted by atomic mass is 16.4. The number of carbonyl (C=O) groups is 1. The van der Waals surface area contributed by atoms with Crippen molar-refractivity contribution in [3.63, 3.8) is 0 Å². The smallest absolute Gasteiger partial charge is 0.336 e. The summed E-state index contributed by atoms with van der Waals surface area (Å²) in [6.07, 6.45) is 4.66. The number of carboxylic acid groups (broad SMARTS) is 1. The topological polar surface area (TPSA) is 150 Å². The van der Waals surface area contributed by atoms with Gasteiger partial charge in [0, 0.05) is 12.4 Å². The van der Waals surface area contributed by atoms with Crippen LogP contribution in [-0.2, 0) is 10.3 Å². The van der Waals surface area contributed by atoms with Crippen molar-refractivity contribution in [3.8, 4) is 11.5 Å². The summed E-state index contributed by atoms with van der Waals surface area (Å²) in [5, 5.41) is 19.4. The van der Waals surface area contributed by atoms with E-state index in [0.717, 1.165) is 0 Å². The molecular formula is C20H17N9O2. The zero-order chi connectivity index (χ0) is 21.8. The van der Waals surface area contributed by atoms with Crippen molar-refractivity contribution in [1.82, 2.24) is 39.3 Å². The Morgan fingerprint density at radius 1 is 1.10 bits per heavy atom. The van der Waals surface area contributed by atoms with Crippen molar-refractivity contribution in [2.45, 2.75) is 19.4 Å². The molecule has 0 saturated carbocycles. The molecule has 11 nitrogen and oxygen atoms in total. The van der Waals surface area contributed by atoms with Gasteiger partial charge in [-0.3, -0.25) is 4.98 Å². The average Bonchev–Trinajstić information content (AvgIpc) is 3.39. The van der Waals surface area contributed by atoms with E-state index in [0.29, 0.717) is 33.8 Å². The highest BCUT2D eigenvalue weighted by Gasteiger charge is 2.40. The monoisotopic (exact) mass is 415 g/mol. The lowest BCUT2D eigenvalue weighted by atomic mass is 9.92. The average molecular weight is 415 g/mol. The van der Waals surface area contributed by atoms with Crippen LogP contribution in [-0.4, -0.2) is 50.4 Å². The summed E-state index contributed by atoms with van der Waals surface area (Å²) in [4.78, 5) is 29.9. The number of carboxylic acids is 1. The molecule has 4 heterocycles. The number of anilines is 1. The van der Waals surface area contributed by atoms with Gasteiger partial charge in [-0.1, -0.05) is 30.3 Å². The first kappa shape index (κ1) is 18.6. The van der Waals surface area contributed by atoms with Crippen LogP contribution in [0.25, 0.3) is 28.2 Å². The lowest BCUT2D eigenvalue weighted by molar-refractivity contribution is -0.144. The van der Waals surface area contributed by atoms with E-state index in [1.807, 2.05) is 6.07 Å². The molecule has 0 spiro atoms. The van der Waals surface area contributed by atoms with Crippen molar-refractivity contribution in [3.05, 3.63) is 60.2 Å². The third-order valence-electron chi connectivity index (χ3n) is 5.30. The molecule has 154 valence electrons. The first-order valence-electron chi connectivity index (χ1n) is 9.38. The lowest BCUT2D eigenvalue weighted by Crippen LogP contribution is -2.41. The Morgan fingerprint density at radius 2 is 1.84 bits per heavy atom. The number of nitrogens with two attached hydrogens (primary N) is 1. The fourth-order valence-electron chi connectivity index (χ4n) is 3.56. The molecule has 1 aromatic carbocycles. The minimum atomic E-state index is -1.51. The number of aliphatic carboxylic acids is 1. The molecule has 31 heavy (non-hydrogen) atoms. The number of nitrogen functional groups attached to an aromatic ring is 1. The second-order valence-electron chi connectivity index (χ2n) is 7.17. The van der Waals surface area contributed by atoms with Gasteiger partial charge in [0.2, 0.25) is 11.8 Å². The first-order valence-corrected chi connectivity index (χ1v) is 9.38. The van der Waals surface area contributed by atoms with Crippen LogP contribution in [0.4, 0.5) is 5.95 Å². The van der Waals surface area contributed by atoms with Gasteiger partial charge in [0.1, 0.15) is 5.69 Å². The largest absolute Gasteiger partial charge is 0.479 e. The number of fused-ring (bicyclic) bond motifs is 3. The third kappa shape index (κ3) is 2.63. The van der Waals surface area contributed by atoms with Crippen LogP contribution in [0, 0.1) is 6.92 Å². The number of rotatable bonds is 4. The molecule has 5 rings (SSSR count). The Morgan fingerprint density at radius 3 is 2.55 bits per heavy atom. The summed E-state index contributed by atoms with van der Waals surface area (Å²) in [6, 6.07) is 8.83. The zero-order valence-electron chi connectivity index (χ0n) is 16.6. The van der Waals surface area contributed by atoms with Crippen LogP contribution >= 0.6 is 0 Å². The zero-order valence-corrected chi connectivity index (χ0v) is 16.6. The predicted molar refractivity (Wildman–Crippen MR) is 111 cm³/mol. The van der Waals surface area contributed by atoms with Gasteiger partial charge in [-0.25, -0.2) is 19.4 Å². The SMILES string of the molecule is Cc1nccnc1-c1nc2c3cnn(C(C)(C(=O)O)c4ccccc4)c3nc(N)n2n1. The molecule has 5 aromatic rings. The standard InChI is InChI=1S/C20H17N9O2/c1-11-14(23-9-8-22-11)15-25-16-13-10-24-29(17(13)26-19(21)28(16)27-15)20(2,18(30)31)12-6-4-3-5-7-12/h3-10H,1-2H3,(H2,21,26)(H,30,31). The molecule has 4 aromatic heterocycles. The van der Waals surface area contributed by atoms with Crippen molar-refractivity contribution < 1.29 is 9.90 Å². The molecular weight excluding hydrogens is 398 g/mol. The van der Waals surface area contributed by atoms with E-state index in [-0.39, 0.29) is 11.6 Å². The molecule has 0 saturated heterocycles. The Bertz CT molecular complexity index is 1460. The second kappa shape index (κ2) is 6.55. The maximum atomic E-state index is 12.4. The summed E-state index contributed by atoms with van der Waals surface area (Å²) in [6.45, 7) is 3.37. The fourth-order valence-corrected chi connectivity index (χ4v) is 3.56. The second-order valence-corrected chi connectivity index (χ2v) is 7.17. The summed E-state index contributed by atoms with van der Waals surface area (Å²) in [5.74, 6) is -0.699. The van der Waals surface area contributed by atoms with Crippen LogP contribution in [0.2, 0.25) is 0 Å². The Balaban J connectivity index is 1.78. The summed E-state index contributed by atoms with van der Waals surface area (Å²) in [5.41, 5.74) is 7.07. The van der Waals surface area contributed by atoms with Gasteiger partial charge in [0.25, 0.3) is 0 Å². The van der Waals surface area contributed by atoms with Crippen molar-refractivity contribution >= 4 is 28.6 Å². The van der Waals surface area contributed by atoms with E-state index < -0.39 is 11.5 Å². The van der Waals surface area contributed by atoms with E-state index in [9.17, 15) is 9.90 Å². The van der Waals surface area contributed by atoms with E-state index in [4.69, 9.17) is 5.73 Å². The van der Waals surface area contributed by atoms with Crippen molar-refractivity contribution in [2.75, 3.05) is 5.73 Å². The molecule has 1 unspecified atom stereocenters. The molecule has 0 radical (unpaired) electrons. The van der Waals surface area contributed by atoms with E-state index >= 15 is 0 Å². The van der Waals surface area contributed by atoms with Gasteiger partial charge in [-0.2, -0.15) is 14.6 Å². The van der Waals surface area contributed by atoms with Crippen LogP contribution in [0.15, 0.2) is 48.9 Å². The molecule has 0 aliphatic carbocycles. The summed E-state index contributed by atoms with van der Waals surface area (Å²) >= 11 is 0. The van der Waals surface area contributed by atoms with Crippen LogP contribution in [0.3, 0.4) is 0 Å². The quantitative estimate of drug-likeness (QED) is 0.447. The summed E-state index contributed by atoms with van der Waals surface area (Å²) in [7, 11) is 0. The normalized spacial score (nSPS) is 13.5. The Labute approximate surface area is 175 Å². The highest BCUT2D eigenvalue weighted by molar-refractivity contribution is 5.92. The first-order chi connectivity index (χ1) is 14.9. The summed E-state index contributed by atoms with van der Waals surface area (Å²) < 4.78 is 2.73. The van der Waals surface area contributed by atoms with Crippen LogP contribution in [0.1, 0.15) is 18.2 Å². The van der Waals surface area contributed by atoms with Gasteiger partial charge in [-0.05, 0) is 19.4 Å². The number of nitrogens with zero attached hydrogens (tertiary/aromatic N) is 8. The molecule has 0 fully saturated rings. The molecule has 11 heteroatoms. The van der Waals surface area contributed by atoms with Crippen LogP contribution < -0.4 is 5.73 Å². The van der Waals surface area contributed by atoms with Gasteiger partial charge in [0.15, 0.2) is 16.8 Å². The lowest BCUT2D eigenvalue weighted by Gasteiger charge is -2.26. The number of aromatic nitrogens is 8. The molecule has 0 aliphatic rings. The molecule has 0 amide bonds. The maximum Gasteiger partial charge on any atom is 0.336 e. The van der Waals surface area contributed by atoms with E-state index in [2.05, 4.69) is 30.1 Å². The third-order valence-corrected chi connectivity index (χ3v) is 5.30. The highest BCUT2D eigenvalue weighted by Crippen LogP contribution is 2.31. The molecule has 0 aliphatic heterocycles. The van der Waals surface area contributed by atoms with Crippen molar-refractivity contribution in [1.29, 1.82) is 0 Å². The van der Waals surface area contributed by atoms with Gasteiger partial charge >= 0.3 is 5.97 Å². The molecule has 0 bridgehead atoms. The Kier molecular flexibility index (Phi) is 3.93. The van der Waals surface area contributed by atoms with E-state index in [1.54, 1.807) is 50.5 Å². The number of hydrogen-bond donors (Lipinski definition) is 2. The number of hydrogen-bond acceptors (Lipinski definition) is 8. The number of aryl methyl sites for hydroxylation is 1. The Hall–Kier alpha value is -4.41. The minimum absolute atomic E-state index is 0.0466. The fraction of sp³-hybridized carbons (Fsp3) is 0.150. The van der Waals surface area contributed by atoms with Crippen molar-refractivity contribution in [2.24, 2.45) is 0 Å². The van der Waals surface area contributed by atoms with Gasteiger partial charge in [-0.15, -0.1) is 5.10 Å². The van der Waals surface area contributed by atoms with E-state index in [1.165, 1.54) is 15.4 Å². The molecule has 3 N–H and O–H groups in total. The predicted octanol–water partition coefficient (Wildman–Crippen LogP) is 1.67. The van der Waals surface area contributed by atoms with Gasteiger partial charge < -0.3 is 10.8 Å². The number of benzene rings is 1. The maximum absolute atomic E-state index is 12.4. The molecule has 1 atom stereocenters. The van der Waals surface area contributed by atoms with Gasteiger partial charge in [0.05, 0.1) is 17.3 Å².